The van der Waals surface area contributed by atoms with Crippen molar-refractivity contribution in [1.29, 1.82) is 0 Å². The minimum absolute atomic E-state index is 0.152. The van der Waals surface area contributed by atoms with Gasteiger partial charge in [0.15, 0.2) is 0 Å². The number of benzene rings is 1. The summed E-state index contributed by atoms with van der Waals surface area (Å²) in [6, 6.07) is 10.5. The second-order valence-electron chi connectivity index (χ2n) is 5.89. The molecule has 6 heteroatoms. The van der Waals surface area contributed by atoms with Crippen LogP contribution in [0.2, 0.25) is 0 Å². The summed E-state index contributed by atoms with van der Waals surface area (Å²) in [5, 5.41) is 9.04. The second-order valence-corrected chi connectivity index (χ2v) is 5.89. The van der Waals surface area contributed by atoms with Gasteiger partial charge in [0, 0.05) is 37.4 Å². The van der Waals surface area contributed by atoms with Crippen molar-refractivity contribution in [2.45, 2.75) is 19.2 Å². The largest absolute Gasteiger partial charge is 0.374 e. The molecule has 1 saturated heterocycles. The molecule has 1 atom stereocenters. The van der Waals surface area contributed by atoms with Gasteiger partial charge in [0.2, 0.25) is 0 Å². The summed E-state index contributed by atoms with van der Waals surface area (Å²) in [7, 11) is 0. The third kappa shape index (κ3) is 3.38. The van der Waals surface area contributed by atoms with E-state index in [1.54, 1.807) is 6.20 Å². The van der Waals surface area contributed by atoms with Crippen LogP contribution in [0.4, 0.5) is 0 Å². The lowest BCUT2D eigenvalue weighted by atomic mass is 10.1. The molecule has 1 aromatic carbocycles. The molecule has 0 amide bonds. The fourth-order valence-corrected chi connectivity index (χ4v) is 3.03. The molecular formula is C17H19N5O. The van der Waals surface area contributed by atoms with Crippen molar-refractivity contribution < 1.29 is 4.74 Å². The monoisotopic (exact) mass is 309 g/mol. The second kappa shape index (κ2) is 6.44. The molecule has 0 bridgehead atoms. The highest BCUT2D eigenvalue weighted by molar-refractivity contribution is 5.78. The maximum Gasteiger partial charge on any atom is 0.0898 e. The van der Waals surface area contributed by atoms with Crippen LogP contribution >= 0.6 is 0 Å². The summed E-state index contributed by atoms with van der Waals surface area (Å²) in [5.74, 6) is 0. The van der Waals surface area contributed by atoms with Crippen molar-refractivity contribution in [3.05, 3.63) is 54.5 Å². The van der Waals surface area contributed by atoms with E-state index in [-0.39, 0.29) is 6.10 Å². The lowest BCUT2D eigenvalue weighted by molar-refractivity contribution is -0.0404. The van der Waals surface area contributed by atoms with Crippen molar-refractivity contribution in [2.75, 3.05) is 19.7 Å². The predicted octanol–water partition coefficient (Wildman–Crippen LogP) is 1.73. The van der Waals surface area contributed by atoms with E-state index in [9.17, 15) is 0 Å². The molecule has 0 spiro atoms. The van der Waals surface area contributed by atoms with E-state index in [0.717, 1.165) is 38.3 Å². The number of hydrogen-bond acceptors (Lipinski definition) is 5. The average Bonchev–Trinajstić information content (AvgIpc) is 3.08. The molecule has 118 valence electrons. The molecule has 1 aliphatic heterocycles. The van der Waals surface area contributed by atoms with Crippen LogP contribution in [-0.4, -0.2) is 50.7 Å². The van der Waals surface area contributed by atoms with Gasteiger partial charge >= 0.3 is 0 Å². The van der Waals surface area contributed by atoms with E-state index in [2.05, 4.69) is 38.4 Å². The third-order valence-electron chi connectivity index (χ3n) is 4.14. The Hall–Kier alpha value is -2.31. The van der Waals surface area contributed by atoms with Crippen molar-refractivity contribution in [3.63, 3.8) is 0 Å². The molecule has 0 aliphatic carbocycles. The SMILES string of the molecule is c1ccc2ncc(CN3CCOC(Cn4ccnn4)C3)cc2c1. The first-order valence-corrected chi connectivity index (χ1v) is 7.88. The van der Waals surface area contributed by atoms with E-state index >= 15 is 0 Å². The molecule has 0 saturated carbocycles. The first-order valence-electron chi connectivity index (χ1n) is 7.88. The fraction of sp³-hybridized carbons (Fsp3) is 0.353. The molecule has 1 fully saturated rings. The number of ether oxygens (including phenoxy) is 1. The van der Waals surface area contributed by atoms with Crippen molar-refractivity contribution in [2.24, 2.45) is 0 Å². The Labute approximate surface area is 134 Å². The van der Waals surface area contributed by atoms with Gasteiger partial charge in [-0.15, -0.1) is 5.10 Å². The Morgan fingerprint density at radius 2 is 2.22 bits per heavy atom. The average molecular weight is 309 g/mol. The van der Waals surface area contributed by atoms with Gasteiger partial charge in [-0.2, -0.15) is 0 Å². The maximum atomic E-state index is 5.84. The highest BCUT2D eigenvalue weighted by atomic mass is 16.5. The number of rotatable bonds is 4. The summed E-state index contributed by atoms with van der Waals surface area (Å²) >= 11 is 0. The molecule has 2 aromatic heterocycles. The molecule has 3 heterocycles. The zero-order valence-electron chi connectivity index (χ0n) is 12.9. The highest BCUT2D eigenvalue weighted by Crippen LogP contribution is 2.16. The van der Waals surface area contributed by atoms with E-state index < -0.39 is 0 Å². The van der Waals surface area contributed by atoms with Gasteiger partial charge in [-0.3, -0.25) is 9.88 Å². The molecule has 4 rings (SSSR count). The molecule has 1 aliphatic rings. The molecule has 6 nitrogen and oxygen atoms in total. The van der Waals surface area contributed by atoms with Crippen LogP contribution in [0.1, 0.15) is 5.56 Å². The van der Waals surface area contributed by atoms with Crippen molar-refractivity contribution in [1.82, 2.24) is 24.9 Å². The molecule has 1 unspecified atom stereocenters. The van der Waals surface area contributed by atoms with Crippen LogP contribution in [-0.2, 0) is 17.8 Å². The standard InChI is InChI=1S/C17H19N5O/c1-2-4-17-15(3-1)9-14(10-18-17)11-21-7-8-23-16(12-21)13-22-6-5-19-20-22/h1-6,9-10,16H,7-8,11-13H2. The van der Waals surface area contributed by atoms with Gasteiger partial charge in [0.1, 0.15) is 0 Å². The number of para-hydroxylation sites is 1. The van der Waals surface area contributed by atoms with Gasteiger partial charge < -0.3 is 4.74 Å². The van der Waals surface area contributed by atoms with E-state index in [1.807, 2.05) is 29.2 Å². The van der Waals surface area contributed by atoms with Crippen molar-refractivity contribution >= 4 is 10.9 Å². The van der Waals surface area contributed by atoms with E-state index in [4.69, 9.17) is 4.74 Å². The first kappa shape index (κ1) is 14.3. The first-order chi connectivity index (χ1) is 11.4. The summed E-state index contributed by atoms with van der Waals surface area (Å²) < 4.78 is 7.67. The number of hydrogen-bond donors (Lipinski definition) is 0. The third-order valence-corrected chi connectivity index (χ3v) is 4.14. The Morgan fingerprint density at radius 3 is 3.13 bits per heavy atom. The number of aromatic nitrogens is 4. The zero-order valence-corrected chi connectivity index (χ0v) is 12.9. The molecular weight excluding hydrogens is 290 g/mol. The molecule has 0 N–H and O–H groups in total. The topological polar surface area (TPSA) is 56.1 Å². The van der Waals surface area contributed by atoms with Crippen LogP contribution in [0.25, 0.3) is 10.9 Å². The number of morpholine rings is 1. The normalized spacial score (nSPS) is 19.2. The highest BCUT2D eigenvalue weighted by Gasteiger charge is 2.21. The quantitative estimate of drug-likeness (QED) is 0.734. The summed E-state index contributed by atoms with van der Waals surface area (Å²) in [4.78, 5) is 6.96. The van der Waals surface area contributed by atoms with E-state index in [1.165, 1.54) is 10.9 Å². The van der Waals surface area contributed by atoms with Crippen LogP contribution in [0.15, 0.2) is 48.9 Å². The minimum Gasteiger partial charge on any atom is -0.374 e. The van der Waals surface area contributed by atoms with E-state index in [0.29, 0.717) is 0 Å². The Kier molecular flexibility index (Phi) is 4.00. The lowest BCUT2D eigenvalue weighted by Crippen LogP contribution is -2.43. The Morgan fingerprint density at radius 1 is 1.26 bits per heavy atom. The molecule has 3 aromatic rings. The van der Waals surface area contributed by atoms with Gasteiger partial charge in [-0.05, 0) is 17.7 Å². The molecule has 23 heavy (non-hydrogen) atoms. The zero-order chi connectivity index (χ0) is 15.5. The fourth-order valence-electron chi connectivity index (χ4n) is 3.03. The van der Waals surface area contributed by atoms with Crippen LogP contribution in [0, 0.1) is 0 Å². The van der Waals surface area contributed by atoms with Gasteiger partial charge in [0.25, 0.3) is 0 Å². The van der Waals surface area contributed by atoms with Crippen LogP contribution in [0.3, 0.4) is 0 Å². The summed E-state index contributed by atoms with van der Waals surface area (Å²) in [5.41, 5.74) is 2.28. The number of fused-ring (bicyclic) bond motifs is 1. The lowest BCUT2D eigenvalue weighted by Gasteiger charge is -2.32. The number of nitrogens with zero attached hydrogens (tertiary/aromatic N) is 5. The Bertz CT molecular complexity index is 774. The van der Waals surface area contributed by atoms with Gasteiger partial charge in [-0.1, -0.05) is 23.4 Å². The van der Waals surface area contributed by atoms with Crippen molar-refractivity contribution in [3.8, 4) is 0 Å². The number of pyridine rings is 1. The molecule has 0 radical (unpaired) electrons. The predicted molar refractivity (Wildman–Crippen MR) is 86.8 cm³/mol. The summed E-state index contributed by atoms with van der Waals surface area (Å²) in [6.45, 7) is 4.23. The van der Waals surface area contributed by atoms with Crippen LogP contribution < -0.4 is 0 Å². The summed E-state index contributed by atoms with van der Waals surface area (Å²) in [6.07, 6.45) is 5.69. The van der Waals surface area contributed by atoms with Gasteiger partial charge in [-0.25, -0.2) is 4.68 Å². The van der Waals surface area contributed by atoms with Crippen LogP contribution in [0.5, 0.6) is 0 Å². The Balaban J connectivity index is 1.42. The smallest absolute Gasteiger partial charge is 0.0898 e. The maximum absolute atomic E-state index is 5.84. The minimum atomic E-state index is 0.152. The van der Waals surface area contributed by atoms with Gasteiger partial charge in [0.05, 0.1) is 31.0 Å².